The number of nitro benzene ring substituents is 1. The minimum absolute atomic E-state index is 0.0527. The molecule has 98 valence electrons. The Morgan fingerprint density at radius 1 is 1.26 bits per heavy atom. The molecular weight excluding hydrogens is 250 g/mol. The van der Waals surface area contributed by atoms with Gasteiger partial charge in [-0.2, -0.15) is 0 Å². The van der Waals surface area contributed by atoms with Crippen molar-refractivity contribution in [2.75, 3.05) is 11.4 Å². The molecule has 2 aliphatic rings. The van der Waals surface area contributed by atoms with Gasteiger partial charge >= 0.3 is 6.03 Å². The highest BCUT2D eigenvalue weighted by Gasteiger charge is 2.49. The van der Waals surface area contributed by atoms with Crippen molar-refractivity contribution in [2.45, 2.75) is 18.9 Å². The molecule has 2 fully saturated rings. The van der Waals surface area contributed by atoms with Crippen molar-refractivity contribution in [1.82, 2.24) is 4.90 Å². The van der Waals surface area contributed by atoms with Crippen LogP contribution in [0.25, 0.3) is 0 Å². The highest BCUT2D eigenvalue weighted by atomic mass is 16.6. The van der Waals surface area contributed by atoms with Gasteiger partial charge in [0.15, 0.2) is 0 Å². The maximum absolute atomic E-state index is 12.2. The molecule has 7 heteroatoms. The number of benzene rings is 1. The molecule has 0 aliphatic carbocycles. The number of carbonyl (C=O) groups is 2. The zero-order chi connectivity index (χ0) is 13.6. The van der Waals surface area contributed by atoms with Gasteiger partial charge < -0.3 is 4.90 Å². The van der Waals surface area contributed by atoms with Gasteiger partial charge in [-0.3, -0.25) is 14.9 Å². The Bertz CT molecular complexity index is 564. The molecule has 0 N–H and O–H groups in total. The number of hydrogen-bond acceptors (Lipinski definition) is 4. The van der Waals surface area contributed by atoms with Crippen molar-refractivity contribution in [3.63, 3.8) is 0 Å². The summed E-state index contributed by atoms with van der Waals surface area (Å²) in [5, 5.41) is 11.0. The van der Waals surface area contributed by atoms with Gasteiger partial charge in [-0.05, 0) is 18.9 Å². The fourth-order valence-electron chi connectivity index (χ4n) is 2.65. The highest BCUT2D eigenvalue weighted by Crippen LogP contribution is 2.35. The minimum atomic E-state index is -0.584. The zero-order valence-corrected chi connectivity index (χ0v) is 9.98. The summed E-state index contributed by atoms with van der Waals surface area (Å²) in [7, 11) is 0. The molecule has 2 saturated heterocycles. The molecule has 0 unspecified atom stereocenters. The number of anilines is 1. The predicted octanol–water partition coefficient (Wildman–Crippen LogP) is 1.53. The molecule has 0 aromatic heterocycles. The van der Waals surface area contributed by atoms with Gasteiger partial charge in [0, 0.05) is 12.6 Å². The number of nitrogens with zero attached hydrogens (tertiary/aromatic N) is 3. The van der Waals surface area contributed by atoms with Crippen molar-refractivity contribution in [2.24, 2.45) is 0 Å². The Morgan fingerprint density at radius 3 is 2.68 bits per heavy atom. The van der Waals surface area contributed by atoms with E-state index in [1.807, 2.05) is 0 Å². The maximum atomic E-state index is 12.2. The largest absolute Gasteiger partial charge is 0.332 e. The lowest BCUT2D eigenvalue weighted by Crippen LogP contribution is -2.33. The van der Waals surface area contributed by atoms with Gasteiger partial charge in [-0.1, -0.05) is 12.1 Å². The predicted molar refractivity (Wildman–Crippen MR) is 65.7 cm³/mol. The van der Waals surface area contributed by atoms with Gasteiger partial charge in [-0.15, -0.1) is 0 Å². The normalized spacial score (nSPS) is 22.0. The molecule has 1 aromatic rings. The van der Waals surface area contributed by atoms with Gasteiger partial charge in [-0.25, -0.2) is 9.69 Å². The maximum Gasteiger partial charge on any atom is 0.332 e. The van der Waals surface area contributed by atoms with Gasteiger partial charge in [0.2, 0.25) is 0 Å². The second kappa shape index (κ2) is 4.04. The van der Waals surface area contributed by atoms with Crippen LogP contribution in [0.4, 0.5) is 16.2 Å². The third-order valence-corrected chi connectivity index (χ3v) is 3.51. The van der Waals surface area contributed by atoms with Crippen LogP contribution in [-0.4, -0.2) is 34.3 Å². The number of fused-ring (bicyclic) bond motifs is 1. The van der Waals surface area contributed by atoms with Gasteiger partial charge in [0.25, 0.3) is 11.6 Å². The number of carbonyl (C=O) groups excluding carboxylic acids is 2. The molecule has 0 bridgehead atoms. The number of para-hydroxylation sites is 2. The summed E-state index contributed by atoms with van der Waals surface area (Å²) >= 11 is 0. The molecule has 19 heavy (non-hydrogen) atoms. The number of rotatable bonds is 2. The Kier molecular flexibility index (Phi) is 2.48. The fourth-order valence-corrected chi connectivity index (χ4v) is 2.65. The van der Waals surface area contributed by atoms with E-state index in [1.54, 1.807) is 6.07 Å². The summed E-state index contributed by atoms with van der Waals surface area (Å²) < 4.78 is 0. The van der Waals surface area contributed by atoms with Crippen LogP contribution >= 0.6 is 0 Å². The summed E-state index contributed by atoms with van der Waals surface area (Å²) in [6, 6.07) is 4.89. The monoisotopic (exact) mass is 261 g/mol. The van der Waals surface area contributed by atoms with Crippen LogP contribution in [0.1, 0.15) is 12.8 Å². The molecule has 3 rings (SSSR count). The SMILES string of the molecule is O=C1[C@@H]2CCCN2C(=O)N1c1ccccc1[N+](=O)[O-]. The van der Waals surface area contributed by atoms with Crippen LogP contribution in [0.3, 0.4) is 0 Å². The third-order valence-electron chi connectivity index (χ3n) is 3.51. The number of nitro groups is 1. The Balaban J connectivity index is 2.06. The van der Waals surface area contributed by atoms with Crippen molar-refractivity contribution >= 4 is 23.3 Å². The molecule has 1 aromatic carbocycles. The van der Waals surface area contributed by atoms with Crippen molar-refractivity contribution < 1.29 is 14.5 Å². The summed E-state index contributed by atoms with van der Waals surface area (Å²) in [5.74, 6) is -0.364. The first-order chi connectivity index (χ1) is 9.11. The first kappa shape index (κ1) is 11.6. The minimum Gasteiger partial charge on any atom is -0.312 e. The summed E-state index contributed by atoms with van der Waals surface area (Å²) in [6.07, 6.45) is 1.43. The van der Waals surface area contributed by atoms with Crippen LogP contribution in [0.5, 0.6) is 0 Å². The summed E-state index contributed by atoms with van der Waals surface area (Å²) in [5.41, 5.74) is -0.178. The standard InChI is InChI=1S/C12H11N3O4/c16-11-10-6-3-7-13(10)12(17)14(11)8-4-1-2-5-9(8)15(18)19/h1-2,4-5,10H,3,6-7H2/t10-/m0/s1. The molecule has 2 aliphatic heterocycles. The van der Waals surface area contributed by atoms with Crippen molar-refractivity contribution in [1.29, 1.82) is 0 Å². The quantitative estimate of drug-likeness (QED) is 0.459. The lowest BCUT2D eigenvalue weighted by molar-refractivity contribution is -0.384. The van der Waals surface area contributed by atoms with Crippen LogP contribution in [-0.2, 0) is 4.79 Å². The number of urea groups is 1. The molecule has 0 radical (unpaired) electrons. The van der Waals surface area contributed by atoms with Crippen LogP contribution in [0.2, 0.25) is 0 Å². The fraction of sp³-hybridized carbons (Fsp3) is 0.333. The second-order valence-corrected chi connectivity index (χ2v) is 4.55. The lowest BCUT2D eigenvalue weighted by atomic mass is 10.2. The van der Waals surface area contributed by atoms with Gasteiger partial charge in [0.1, 0.15) is 11.7 Å². The Hall–Kier alpha value is -2.44. The van der Waals surface area contributed by atoms with E-state index in [-0.39, 0.29) is 17.3 Å². The van der Waals surface area contributed by atoms with E-state index < -0.39 is 17.0 Å². The Morgan fingerprint density at radius 2 is 2.00 bits per heavy atom. The van der Waals surface area contributed by atoms with E-state index in [1.165, 1.54) is 23.1 Å². The van der Waals surface area contributed by atoms with E-state index in [2.05, 4.69) is 0 Å². The van der Waals surface area contributed by atoms with Crippen LogP contribution in [0, 0.1) is 10.1 Å². The summed E-state index contributed by atoms with van der Waals surface area (Å²) in [6.45, 7) is 0.534. The van der Waals surface area contributed by atoms with E-state index in [0.717, 1.165) is 11.3 Å². The highest BCUT2D eigenvalue weighted by molar-refractivity contribution is 6.22. The molecule has 1 atom stereocenters. The van der Waals surface area contributed by atoms with E-state index in [9.17, 15) is 19.7 Å². The molecule has 2 heterocycles. The first-order valence-electron chi connectivity index (χ1n) is 5.99. The van der Waals surface area contributed by atoms with E-state index in [4.69, 9.17) is 0 Å². The van der Waals surface area contributed by atoms with E-state index >= 15 is 0 Å². The Labute approximate surface area is 108 Å². The number of hydrogen-bond donors (Lipinski definition) is 0. The smallest absolute Gasteiger partial charge is 0.312 e. The molecule has 7 nitrogen and oxygen atoms in total. The molecule has 3 amide bonds. The van der Waals surface area contributed by atoms with E-state index in [0.29, 0.717) is 13.0 Å². The van der Waals surface area contributed by atoms with Crippen LogP contribution in [0.15, 0.2) is 24.3 Å². The average molecular weight is 261 g/mol. The topological polar surface area (TPSA) is 83.8 Å². The zero-order valence-electron chi connectivity index (χ0n) is 9.98. The molecule has 0 spiro atoms. The van der Waals surface area contributed by atoms with Crippen LogP contribution < -0.4 is 4.90 Å². The van der Waals surface area contributed by atoms with Crippen molar-refractivity contribution in [3.05, 3.63) is 34.4 Å². The second-order valence-electron chi connectivity index (χ2n) is 4.55. The first-order valence-corrected chi connectivity index (χ1v) is 5.99. The average Bonchev–Trinajstić information content (AvgIpc) is 2.95. The lowest BCUT2D eigenvalue weighted by Gasteiger charge is -2.15. The third kappa shape index (κ3) is 1.58. The van der Waals surface area contributed by atoms with Gasteiger partial charge in [0.05, 0.1) is 4.92 Å². The molecular formula is C12H11N3O4. The van der Waals surface area contributed by atoms with Crippen molar-refractivity contribution in [3.8, 4) is 0 Å². The summed E-state index contributed by atoms with van der Waals surface area (Å²) in [4.78, 5) is 37.2. The molecule has 0 saturated carbocycles. The number of imide groups is 1. The number of amides is 3.